The Morgan fingerprint density at radius 2 is 1.92 bits per heavy atom. The molecule has 0 amide bonds. The van der Waals surface area contributed by atoms with Gasteiger partial charge in [-0.3, -0.25) is 5.32 Å². The van der Waals surface area contributed by atoms with Crippen LogP contribution in [0.3, 0.4) is 0 Å². The first-order valence-electron chi connectivity index (χ1n) is 7.00. The van der Waals surface area contributed by atoms with Crippen molar-refractivity contribution in [2.45, 2.75) is 6.04 Å². The number of fused-ring (bicyclic) bond motifs is 1. The Labute approximate surface area is 144 Å². The Balaban J connectivity index is 2.32. The van der Waals surface area contributed by atoms with E-state index >= 15 is 0 Å². The van der Waals surface area contributed by atoms with Crippen LogP contribution < -0.4 is 22.1 Å². The number of halogens is 3. The topological polar surface area (TPSA) is 149 Å². The second-order valence-corrected chi connectivity index (χ2v) is 5.19. The monoisotopic (exact) mass is 358 g/mol. The average molecular weight is 358 g/mol. The summed E-state index contributed by atoms with van der Waals surface area (Å²) < 4.78 is 41.6. The molecule has 0 aliphatic carbocycles. The van der Waals surface area contributed by atoms with Gasteiger partial charge >= 0.3 is 0 Å². The van der Waals surface area contributed by atoms with E-state index in [1.54, 1.807) is 12.3 Å². The molecular weight excluding hydrogens is 349 g/mol. The molecule has 0 saturated carbocycles. The number of pyridine rings is 1. The molecule has 26 heavy (non-hydrogen) atoms. The van der Waals surface area contributed by atoms with Crippen LogP contribution in [0.4, 0.5) is 30.5 Å². The summed E-state index contributed by atoms with van der Waals surface area (Å²) in [5, 5.41) is 22.7. The van der Waals surface area contributed by atoms with E-state index in [2.05, 4.69) is 20.6 Å². The fourth-order valence-electron chi connectivity index (χ4n) is 2.58. The minimum Gasteiger partial charge on any atom is -0.397 e. The van der Waals surface area contributed by atoms with Crippen LogP contribution in [0, 0.1) is 40.2 Å². The van der Waals surface area contributed by atoms with E-state index < -0.39 is 29.1 Å². The number of nitriles is 2. The van der Waals surface area contributed by atoms with Gasteiger partial charge in [-0.1, -0.05) is 0 Å². The van der Waals surface area contributed by atoms with E-state index in [4.69, 9.17) is 16.7 Å². The number of rotatable bonds is 1. The highest BCUT2D eigenvalue weighted by Gasteiger charge is 2.32. The Morgan fingerprint density at radius 1 is 1.19 bits per heavy atom. The van der Waals surface area contributed by atoms with E-state index in [1.807, 2.05) is 0 Å². The molecule has 1 aromatic carbocycles. The lowest BCUT2D eigenvalue weighted by molar-refractivity contribution is 0.480. The van der Waals surface area contributed by atoms with Gasteiger partial charge in [-0.15, -0.1) is 0 Å². The lowest BCUT2D eigenvalue weighted by Crippen LogP contribution is -2.33. The number of nitrogens with one attached hydrogen (secondary N) is 2. The molecule has 0 fully saturated rings. The van der Waals surface area contributed by atoms with Crippen molar-refractivity contribution in [1.29, 1.82) is 10.5 Å². The molecule has 0 saturated heterocycles. The van der Waals surface area contributed by atoms with E-state index in [1.165, 1.54) is 0 Å². The second kappa shape index (κ2) is 6.14. The molecule has 1 atom stereocenters. The average Bonchev–Trinajstić information content (AvgIpc) is 2.58. The van der Waals surface area contributed by atoms with Gasteiger partial charge < -0.3 is 16.8 Å². The van der Waals surface area contributed by atoms with Crippen LogP contribution in [0.2, 0.25) is 0 Å². The van der Waals surface area contributed by atoms with Gasteiger partial charge in [0.1, 0.15) is 35.1 Å². The van der Waals surface area contributed by atoms with Gasteiger partial charge in [-0.2, -0.15) is 10.5 Å². The normalized spacial score (nSPS) is 15.1. The SMILES string of the molecule is N#CNC1=NC(c2cc(F)cc(F)c2F)c2c(nc(N)c(C#N)c2N)N1. The van der Waals surface area contributed by atoms with Crippen molar-refractivity contribution in [1.82, 2.24) is 10.3 Å². The zero-order valence-corrected chi connectivity index (χ0v) is 12.8. The fourth-order valence-corrected chi connectivity index (χ4v) is 2.58. The third-order valence-electron chi connectivity index (χ3n) is 3.67. The minimum absolute atomic E-state index is 0.00291. The van der Waals surface area contributed by atoms with Crippen molar-refractivity contribution in [3.8, 4) is 12.3 Å². The highest BCUT2D eigenvalue weighted by Crippen LogP contribution is 2.41. The minimum atomic E-state index is -1.42. The van der Waals surface area contributed by atoms with Crippen molar-refractivity contribution >= 4 is 23.3 Å². The van der Waals surface area contributed by atoms with Crippen LogP contribution >= 0.6 is 0 Å². The molecule has 1 aromatic heterocycles. The summed E-state index contributed by atoms with van der Waals surface area (Å²) >= 11 is 0. The second-order valence-electron chi connectivity index (χ2n) is 5.19. The number of aliphatic imine (C=N–C) groups is 1. The van der Waals surface area contributed by atoms with Crippen molar-refractivity contribution in [3.63, 3.8) is 0 Å². The number of hydrogen-bond acceptors (Lipinski definition) is 8. The first kappa shape index (κ1) is 16.9. The van der Waals surface area contributed by atoms with Crippen LogP contribution in [-0.4, -0.2) is 10.9 Å². The van der Waals surface area contributed by atoms with Gasteiger partial charge in [-0.05, 0) is 6.07 Å². The van der Waals surface area contributed by atoms with Crippen molar-refractivity contribution in [3.05, 3.63) is 46.3 Å². The van der Waals surface area contributed by atoms with Crippen molar-refractivity contribution < 1.29 is 13.2 Å². The maximum atomic E-state index is 14.3. The molecule has 2 aromatic rings. The van der Waals surface area contributed by atoms with Crippen LogP contribution in [0.15, 0.2) is 17.1 Å². The molecule has 0 bridgehead atoms. The Hall–Kier alpha value is -3.99. The van der Waals surface area contributed by atoms with E-state index in [-0.39, 0.29) is 34.4 Å². The summed E-state index contributed by atoms with van der Waals surface area (Å²) in [6.07, 6.45) is 1.60. The smallest absolute Gasteiger partial charge is 0.211 e. The molecule has 130 valence electrons. The number of aromatic nitrogens is 1. The number of anilines is 3. The van der Waals surface area contributed by atoms with Crippen molar-refractivity contribution in [2.75, 3.05) is 16.8 Å². The van der Waals surface area contributed by atoms with Gasteiger partial charge in [-0.25, -0.2) is 23.1 Å². The first-order valence-corrected chi connectivity index (χ1v) is 7.00. The summed E-state index contributed by atoms with van der Waals surface area (Å²) in [4.78, 5) is 7.97. The standard InChI is InChI=1S/C15H9F3N8/c16-5-1-6(10(18)8(17)2-5)12-9-11(21)7(3-19)13(22)25-14(9)26-15(24-12)23-4-20/h1-2,12H,(H6,21,22,23,24,25,26). The third kappa shape index (κ3) is 2.57. The summed E-state index contributed by atoms with van der Waals surface area (Å²) in [7, 11) is 0. The number of benzene rings is 1. The largest absolute Gasteiger partial charge is 0.397 e. The van der Waals surface area contributed by atoms with Gasteiger partial charge in [0.15, 0.2) is 17.8 Å². The Bertz CT molecular complexity index is 1030. The molecular formula is C15H9F3N8. The van der Waals surface area contributed by atoms with E-state index in [9.17, 15) is 18.4 Å². The number of guanidine groups is 1. The van der Waals surface area contributed by atoms with Crippen molar-refractivity contribution in [2.24, 2.45) is 4.99 Å². The van der Waals surface area contributed by atoms with Gasteiger partial charge in [0.25, 0.3) is 0 Å². The van der Waals surface area contributed by atoms with E-state index in [0.717, 1.165) is 6.07 Å². The first-order chi connectivity index (χ1) is 12.4. The summed E-state index contributed by atoms with van der Waals surface area (Å²) in [5.41, 5.74) is 10.8. The lowest BCUT2D eigenvalue weighted by Gasteiger charge is -2.26. The predicted molar refractivity (Wildman–Crippen MR) is 85.7 cm³/mol. The third-order valence-corrected chi connectivity index (χ3v) is 3.67. The summed E-state index contributed by atoms with van der Waals surface area (Å²) in [5.74, 6) is -4.21. The molecule has 0 radical (unpaired) electrons. The fraction of sp³-hybridized carbons (Fsp3) is 0.0667. The zero-order chi connectivity index (χ0) is 19.0. The Kier molecular flexibility index (Phi) is 3.98. The van der Waals surface area contributed by atoms with Crippen LogP contribution in [0.5, 0.6) is 0 Å². The molecule has 1 unspecified atom stereocenters. The maximum absolute atomic E-state index is 14.3. The summed E-state index contributed by atoms with van der Waals surface area (Å²) in [6.45, 7) is 0. The highest BCUT2D eigenvalue weighted by molar-refractivity contribution is 5.98. The zero-order valence-electron chi connectivity index (χ0n) is 12.8. The molecule has 1 aliphatic heterocycles. The number of nitrogen functional groups attached to an aromatic ring is 2. The van der Waals surface area contributed by atoms with Crippen LogP contribution in [-0.2, 0) is 0 Å². The molecule has 0 spiro atoms. The van der Waals surface area contributed by atoms with Gasteiger partial charge in [0, 0.05) is 17.2 Å². The lowest BCUT2D eigenvalue weighted by atomic mass is 9.94. The van der Waals surface area contributed by atoms with Crippen LogP contribution in [0.25, 0.3) is 0 Å². The molecule has 6 N–H and O–H groups in total. The molecule has 8 nitrogen and oxygen atoms in total. The predicted octanol–water partition coefficient (Wildman–Crippen LogP) is 1.48. The molecule has 11 heteroatoms. The Morgan fingerprint density at radius 3 is 2.58 bits per heavy atom. The van der Waals surface area contributed by atoms with Crippen LogP contribution in [0.1, 0.15) is 22.7 Å². The van der Waals surface area contributed by atoms with E-state index in [0.29, 0.717) is 6.07 Å². The van der Waals surface area contributed by atoms with Gasteiger partial charge in [0.05, 0.1) is 5.69 Å². The highest BCUT2D eigenvalue weighted by atomic mass is 19.2. The number of nitrogens with two attached hydrogens (primary N) is 2. The number of nitrogens with zero attached hydrogens (tertiary/aromatic N) is 4. The molecule has 3 rings (SSSR count). The van der Waals surface area contributed by atoms with Gasteiger partial charge in [0.2, 0.25) is 5.96 Å². The quantitative estimate of drug-likeness (QED) is 0.342. The molecule has 2 heterocycles. The maximum Gasteiger partial charge on any atom is 0.211 e. The molecule has 1 aliphatic rings. The number of hydrogen-bond donors (Lipinski definition) is 4. The summed E-state index contributed by atoms with van der Waals surface area (Å²) in [6, 6.07) is 1.52.